The molecule has 0 saturated carbocycles. The molecule has 1 aliphatic carbocycles. The largest absolute Gasteiger partial charge is 0.369 e. The Hall–Kier alpha value is -1.85. The van der Waals surface area contributed by atoms with Crippen LogP contribution in [0.5, 0.6) is 0 Å². The number of rotatable bonds is 2. The highest BCUT2D eigenvalue weighted by Gasteiger charge is 2.28. The lowest BCUT2D eigenvalue weighted by Gasteiger charge is -2.25. The molecule has 4 nitrogen and oxygen atoms in total. The molecule has 4 N–H and O–H groups in total. The Morgan fingerprint density at radius 2 is 2.05 bits per heavy atom. The van der Waals surface area contributed by atoms with Gasteiger partial charge in [-0.25, -0.2) is 0 Å². The van der Waals surface area contributed by atoms with Crippen LogP contribution in [0.2, 0.25) is 5.02 Å². The summed E-state index contributed by atoms with van der Waals surface area (Å²) in [7, 11) is 0. The van der Waals surface area contributed by atoms with E-state index in [1.807, 2.05) is 18.2 Å². The van der Waals surface area contributed by atoms with Crippen molar-refractivity contribution in [2.24, 2.45) is 21.7 Å². The highest BCUT2D eigenvalue weighted by atomic mass is 35.5. The minimum atomic E-state index is -0.0261. The van der Waals surface area contributed by atoms with Crippen molar-refractivity contribution in [1.29, 1.82) is 0 Å². The van der Waals surface area contributed by atoms with Crippen LogP contribution in [0.25, 0.3) is 0 Å². The molecule has 0 aliphatic heterocycles. The second-order valence-corrected chi connectivity index (χ2v) is 6.79. The van der Waals surface area contributed by atoms with Gasteiger partial charge in [0.2, 0.25) is 5.96 Å². The minimum absolute atomic E-state index is 0.0261. The van der Waals surface area contributed by atoms with Gasteiger partial charge in [-0.3, -0.25) is 0 Å². The average molecular weight is 333 g/mol. The molecule has 1 aromatic carbocycles. The molecule has 0 radical (unpaired) electrons. The normalized spacial score (nSPS) is 19.0. The number of nitrogens with two attached hydrogens (primary N) is 2. The van der Waals surface area contributed by atoms with E-state index in [0.717, 1.165) is 29.1 Å². The van der Waals surface area contributed by atoms with E-state index in [2.05, 4.69) is 28.6 Å². The van der Waals surface area contributed by atoms with Gasteiger partial charge in [0.05, 0.1) is 5.71 Å². The third-order valence-electron chi connectivity index (χ3n) is 3.84. The molecule has 0 bridgehead atoms. The van der Waals surface area contributed by atoms with E-state index >= 15 is 0 Å². The highest BCUT2D eigenvalue weighted by Crippen LogP contribution is 2.39. The fraction of sp³-hybridized carbons (Fsp3) is 0.250. The third-order valence-corrected chi connectivity index (χ3v) is 5.31. The SMILES string of the molecule is Cc1csc2c1/C(=N/N=C(N)N)CC(c1ccccc1Cl)C2. The summed E-state index contributed by atoms with van der Waals surface area (Å²) in [6.45, 7) is 2.09. The Balaban J connectivity index is 2.04. The zero-order chi connectivity index (χ0) is 15.7. The maximum atomic E-state index is 6.36. The highest BCUT2D eigenvalue weighted by molar-refractivity contribution is 7.10. The average Bonchev–Trinajstić information content (AvgIpc) is 2.87. The van der Waals surface area contributed by atoms with Crippen molar-refractivity contribution >= 4 is 34.6 Å². The molecule has 1 aliphatic rings. The maximum Gasteiger partial charge on any atom is 0.211 e. The second-order valence-electron chi connectivity index (χ2n) is 5.42. The van der Waals surface area contributed by atoms with E-state index in [0.29, 0.717) is 5.92 Å². The van der Waals surface area contributed by atoms with Gasteiger partial charge in [-0.1, -0.05) is 29.8 Å². The zero-order valence-electron chi connectivity index (χ0n) is 12.2. The zero-order valence-corrected chi connectivity index (χ0v) is 13.8. The van der Waals surface area contributed by atoms with Crippen LogP contribution in [0.1, 0.15) is 33.9 Å². The minimum Gasteiger partial charge on any atom is -0.369 e. The van der Waals surface area contributed by atoms with Crippen LogP contribution >= 0.6 is 22.9 Å². The first kappa shape index (κ1) is 15.1. The summed E-state index contributed by atoms with van der Waals surface area (Å²) in [6, 6.07) is 7.97. The van der Waals surface area contributed by atoms with Gasteiger partial charge < -0.3 is 11.5 Å². The predicted molar refractivity (Wildman–Crippen MR) is 93.9 cm³/mol. The monoisotopic (exact) mass is 332 g/mol. The van der Waals surface area contributed by atoms with E-state index in [1.54, 1.807) is 11.3 Å². The van der Waals surface area contributed by atoms with E-state index in [9.17, 15) is 0 Å². The van der Waals surface area contributed by atoms with E-state index in [4.69, 9.17) is 23.1 Å². The maximum absolute atomic E-state index is 6.36. The molecule has 0 spiro atoms. The lowest BCUT2D eigenvalue weighted by molar-refractivity contribution is 0.703. The Bertz CT molecular complexity index is 759. The van der Waals surface area contributed by atoms with Crippen molar-refractivity contribution in [1.82, 2.24) is 0 Å². The standard InChI is InChI=1S/C16H17ClN4S/c1-9-8-22-14-7-10(11-4-2-3-5-12(11)17)6-13(15(9)14)20-21-16(18)19/h2-5,8,10H,6-7H2,1H3,(H4,18,19,21)/b20-13+. The second kappa shape index (κ2) is 6.10. The smallest absolute Gasteiger partial charge is 0.211 e. The van der Waals surface area contributed by atoms with Crippen LogP contribution in [-0.4, -0.2) is 11.7 Å². The molecular formula is C16H17ClN4S. The summed E-state index contributed by atoms with van der Waals surface area (Å²) in [4.78, 5) is 1.32. The molecule has 0 fully saturated rings. The first-order chi connectivity index (χ1) is 10.6. The molecular weight excluding hydrogens is 316 g/mol. The number of thiophene rings is 1. The van der Waals surface area contributed by atoms with Crippen molar-refractivity contribution in [2.45, 2.75) is 25.7 Å². The molecule has 1 atom stereocenters. The lowest BCUT2D eigenvalue weighted by Crippen LogP contribution is -2.23. The van der Waals surface area contributed by atoms with Crippen LogP contribution in [0.4, 0.5) is 0 Å². The van der Waals surface area contributed by atoms with Gasteiger partial charge in [0.15, 0.2) is 0 Å². The number of guanidine groups is 1. The van der Waals surface area contributed by atoms with Crippen molar-refractivity contribution in [3.8, 4) is 0 Å². The van der Waals surface area contributed by atoms with Crippen molar-refractivity contribution in [2.75, 3.05) is 0 Å². The van der Waals surface area contributed by atoms with Gasteiger partial charge in [0.1, 0.15) is 0 Å². The molecule has 1 unspecified atom stereocenters. The molecule has 2 aromatic rings. The number of benzene rings is 1. The van der Waals surface area contributed by atoms with Gasteiger partial charge >= 0.3 is 0 Å². The topological polar surface area (TPSA) is 76.8 Å². The van der Waals surface area contributed by atoms with E-state index < -0.39 is 0 Å². The lowest BCUT2D eigenvalue weighted by atomic mass is 9.82. The first-order valence-electron chi connectivity index (χ1n) is 7.03. The van der Waals surface area contributed by atoms with Gasteiger partial charge in [-0.15, -0.1) is 16.4 Å². The number of hydrogen-bond acceptors (Lipinski definition) is 3. The molecule has 1 aromatic heterocycles. The van der Waals surface area contributed by atoms with Crippen LogP contribution in [0.3, 0.4) is 0 Å². The fourth-order valence-electron chi connectivity index (χ4n) is 2.90. The van der Waals surface area contributed by atoms with Gasteiger partial charge in [-0.2, -0.15) is 5.10 Å². The molecule has 1 heterocycles. The Morgan fingerprint density at radius 3 is 2.77 bits per heavy atom. The predicted octanol–water partition coefficient (Wildman–Crippen LogP) is 3.42. The summed E-state index contributed by atoms with van der Waals surface area (Å²) in [5.74, 6) is 0.272. The molecule has 3 rings (SSSR count). The van der Waals surface area contributed by atoms with Crippen LogP contribution in [0, 0.1) is 6.92 Å². The fourth-order valence-corrected chi connectivity index (χ4v) is 4.32. The summed E-state index contributed by atoms with van der Waals surface area (Å²) in [5.41, 5.74) is 15.3. The summed E-state index contributed by atoms with van der Waals surface area (Å²) in [6.07, 6.45) is 1.75. The van der Waals surface area contributed by atoms with E-state index in [-0.39, 0.29) is 5.96 Å². The molecule has 114 valence electrons. The third kappa shape index (κ3) is 2.87. The molecule has 22 heavy (non-hydrogen) atoms. The number of hydrogen-bond donors (Lipinski definition) is 2. The van der Waals surface area contributed by atoms with Crippen molar-refractivity contribution in [3.05, 3.63) is 56.2 Å². The van der Waals surface area contributed by atoms with Gasteiger partial charge in [0.25, 0.3) is 0 Å². The number of halogens is 1. The van der Waals surface area contributed by atoms with E-state index in [1.165, 1.54) is 16.0 Å². The van der Waals surface area contributed by atoms with Gasteiger partial charge in [0, 0.05) is 15.5 Å². The van der Waals surface area contributed by atoms with Crippen LogP contribution < -0.4 is 11.5 Å². The molecule has 0 saturated heterocycles. The summed E-state index contributed by atoms with van der Waals surface area (Å²) < 4.78 is 0. The summed E-state index contributed by atoms with van der Waals surface area (Å²) in [5, 5.41) is 11.1. The Morgan fingerprint density at radius 1 is 1.27 bits per heavy atom. The van der Waals surface area contributed by atoms with Gasteiger partial charge in [-0.05, 0) is 48.3 Å². The number of fused-ring (bicyclic) bond motifs is 1. The molecule has 6 heteroatoms. The van der Waals surface area contributed by atoms with Crippen molar-refractivity contribution < 1.29 is 0 Å². The molecule has 0 amide bonds. The Kier molecular flexibility index (Phi) is 4.18. The first-order valence-corrected chi connectivity index (χ1v) is 8.29. The number of aryl methyl sites for hydroxylation is 1. The van der Waals surface area contributed by atoms with Crippen molar-refractivity contribution in [3.63, 3.8) is 0 Å². The Labute approximate surface area is 138 Å². The number of nitrogens with zero attached hydrogens (tertiary/aromatic N) is 2. The van der Waals surface area contributed by atoms with Crippen LogP contribution in [-0.2, 0) is 6.42 Å². The quantitative estimate of drug-likeness (QED) is 0.502. The van der Waals surface area contributed by atoms with Crippen LogP contribution in [0.15, 0.2) is 39.8 Å². The summed E-state index contributed by atoms with van der Waals surface area (Å²) >= 11 is 8.12.